The lowest BCUT2D eigenvalue weighted by Gasteiger charge is -2.27. The molecule has 2 aromatic rings. The zero-order chi connectivity index (χ0) is 17.9. The van der Waals surface area contributed by atoms with Crippen LogP contribution in [0.15, 0.2) is 30.3 Å². The Kier molecular flexibility index (Phi) is 5.71. The van der Waals surface area contributed by atoms with Gasteiger partial charge in [0.05, 0.1) is 18.2 Å². The third-order valence-corrected chi connectivity index (χ3v) is 6.64. The summed E-state index contributed by atoms with van der Waals surface area (Å²) >= 11 is 5.40. The largest absolute Gasteiger partial charge is 0.280 e. The lowest BCUT2D eigenvalue weighted by Crippen LogP contribution is -2.38. The zero-order valence-electron chi connectivity index (χ0n) is 14.4. The summed E-state index contributed by atoms with van der Waals surface area (Å²) in [5.41, 5.74) is 0.982. The van der Waals surface area contributed by atoms with E-state index in [4.69, 9.17) is 12.2 Å². The highest BCUT2D eigenvalue weighted by Crippen LogP contribution is 2.20. The molecule has 0 unspecified atom stereocenters. The smallest absolute Gasteiger partial charge is 0.217 e. The van der Waals surface area contributed by atoms with Crippen LogP contribution < -0.4 is 0 Å². The highest BCUT2D eigenvalue weighted by Gasteiger charge is 2.32. The van der Waals surface area contributed by atoms with E-state index in [2.05, 4.69) is 21.9 Å². The Morgan fingerprint density at radius 3 is 2.76 bits per heavy atom. The second kappa shape index (κ2) is 7.80. The zero-order valence-corrected chi connectivity index (χ0v) is 16.0. The molecule has 1 aromatic heterocycles. The number of unbranched alkanes of at least 4 members (excludes halogenated alkanes) is 1. The highest BCUT2D eigenvalue weighted by molar-refractivity contribution is 7.91. The van der Waals surface area contributed by atoms with Crippen LogP contribution in [0, 0.1) is 4.77 Å². The number of hydrogen-bond acceptors (Lipinski definition) is 5. The van der Waals surface area contributed by atoms with E-state index in [0.717, 1.165) is 30.8 Å². The van der Waals surface area contributed by atoms with Gasteiger partial charge in [-0.3, -0.25) is 10.00 Å². The van der Waals surface area contributed by atoms with E-state index in [1.807, 2.05) is 35.0 Å². The molecule has 1 atom stereocenters. The van der Waals surface area contributed by atoms with E-state index in [1.54, 1.807) is 0 Å². The van der Waals surface area contributed by atoms with Crippen molar-refractivity contribution >= 4 is 22.1 Å². The van der Waals surface area contributed by atoms with Gasteiger partial charge in [-0.2, -0.15) is 4.98 Å². The molecule has 0 saturated carbocycles. The van der Waals surface area contributed by atoms with E-state index in [0.29, 0.717) is 17.9 Å². The molecule has 1 aromatic carbocycles. The molecule has 0 bridgehead atoms. The number of aromatic nitrogens is 3. The standard InChI is InChI=1S/C17H24N4O2S2/c1-2-3-10-20(15-9-11-25(22,23)12-15)13-21-17(24)18-16(19-21)14-7-5-4-6-8-14/h4-8,15H,2-3,9-13H2,1H3,(H,18,19,24)/t15-/m0/s1. The van der Waals surface area contributed by atoms with Crippen molar-refractivity contribution in [1.29, 1.82) is 0 Å². The Balaban J connectivity index is 1.80. The third-order valence-electron chi connectivity index (χ3n) is 4.57. The number of benzene rings is 1. The maximum Gasteiger partial charge on any atom is 0.217 e. The average Bonchev–Trinajstić information content (AvgIpc) is 3.14. The Morgan fingerprint density at radius 2 is 2.12 bits per heavy atom. The summed E-state index contributed by atoms with van der Waals surface area (Å²) in [7, 11) is -2.91. The maximum absolute atomic E-state index is 11.9. The lowest BCUT2D eigenvalue weighted by atomic mass is 10.2. The van der Waals surface area contributed by atoms with Crippen molar-refractivity contribution in [2.24, 2.45) is 0 Å². The van der Waals surface area contributed by atoms with Crippen molar-refractivity contribution in [2.45, 2.75) is 38.9 Å². The molecule has 0 aliphatic carbocycles. The topological polar surface area (TPSA) is 71.0 Å². The number of H-pyrrole nitrogens is 1. The molecule has 1 aliphatic heterocycles. The summed E-state index contributed by atoms with van der Waals surface area (Å²) in [6.45, 7) is 3.54. The molecule has 3 rings (SSSR count). The number of aromatic amines is 1. The normalized spacial score (nSPS) is 19.5. The van der Waals surface area contributed by atoms with Gasteiger partial charge in [-0.15, -0.1) is 0 Å². The maximum atomic E-state index is 11.9. The first-order valence-corrected chi connectivity index (χ1v) is 10.9. The van der Waals surface area contributed by atoms with E-state index < -0.39 is 9.84 Å². The van der Waals surface area contributed by atoms with Crippen LogP contribution in [0.5, 0.6) is 0 Å². The molecule has 6 nitrogen and oxygen atoms in total. The van der Waals surface area contributed by atoms with Crippen LogP contribution in [-0.2, 0) is 16.5 Å². The van der Waals surface area contributed by atoms with Crippen LogP contribution in [0.4, 0.5) is 0 Å². The molecule has 136 valence electrons. The molecule has 25 heavy (non-hydrogen) atoms. The number of nitrogens with zero attached hydrogens (tertiary/aromatic N) is 3. The van der Waals surface area contributed by atoms with Crippen molar-refractivity contribution in [3.63, 3.8) is 0 Å². The summed E-state index contributed by atoms with van der Waals surface area (Å²) in [4.78, 5) is 6.67. The summed E-state index contributed by atoms with van der Waals surface area (Å²) in [6.07, 6.45) is 2.79. The average molecular weight is 381 g/mol. The van der Waals surface area contributed by atoms with E-state index in [9.17, 15) is 8.42 Å². The van der Waals surface area contributed by atoms with Crippen molar-refractivity contribution in [2.75, 3.05) is 18.1 Å². The highest BCUT2D eigenvalue weighted by atomic mass is 32.2. The molecule has 0 radical (unpaired) electrons. The first-order valence-electron chi connectivity index (χ1n) is 8.65. The SMILES string of the molecule is CCCCN(Cn1[nH]c(-c2ccccc2)nc1=S)[C@H]1CCS(=O)(=O)C1. The first kappa shape index (κ1) is 18.3. The Morgan fingerprint density at radius 1 is 1.36 bits per heavy atom. The predicted molar refractivity (Wildman–Crippen MR) is 102 cm³/mol. The molecule has 8 heteroatoms. The summed E-state index contributed by atoms with van der Waals surface area (Å²) in [6, 6.07) is 9.90. The van der Waals surface area contributed by atoms with Gasteiger partial charge in [-0.1, -0.05) is 43.7 Å². The quantitative estimate of drug-likeness (QED) is 0.748. The van der Waals surface area contributed by atoms with Gasteiger partial charge in [-0.25, -0.2) is 13.1 Å². The van der Waals surface area contributed by atoms with Gasteiger partial charge in [0.15, 0.2) is 15.7 Å². The van der Waals surface area contributed by atoms with Crippen molar-refractivity contribution in [3.8, 4) is 11.4 Å². The van der Waals surface area contributed by atoms with Crippen molar-refractivity contribution in [1.82, 2.24) is 19.7 Å². The third kappa shape index (κ3) is 4.56. The van der Waals surface area contributed by atoms with E-state index >= 15 is 0 Å². The van der Waals surface area contributed by atoms with Crippen LogP contribution in [0.3, 0.4) is 0 Å². The lowest BCUT2D eigenvalue weighted by molar-refractivity contribution is 0.153. The van der Waals surface area contributed by atoms with Gasteiger partial charge in [0.25, 0.3) is 0 Å². The molecule has 0 spiro atoms. The fourth-order valence-electron chi connectivity index (χ4n) is 3.15. The molecule has 1 fully saturated rings. The molecule has 1 N–H and O–H groups in total. The summed E-state index contributed by atoms with van der Waals surface area (Å²) < 4.78 is 26.0. The fourth-order valence-corrected chi connectivity index (χ4v) is 5.11. The van der Waals surface area contributed by atoms with Crippen LogP contribution >= 0.6 is 12.2 Å². The van der Waals surface area contributed by atoms with Crippen molar-refractivity contribution < 1.29 is 8.42 Å². The minimum absolute atomic E-state index is 0.0573. The predicted octanol–water partition coefficient (Wildman–Crippen LogP) is 2.85. The summed E-state index contributed by atoms with van der Waals surface area (Å²) in [5, 5.41) is 3.26. The monoisotopic (exact) mass is 380 g/mol. The van der Waals surface area contributed by atoms with Gasteiger partial charge >= 0.3 is 0 Å². The van der Waals surface area contributed by atoms with Gasteiger partial charge in [0.2, 0.25) is 4.77 Å². The van der Waals surface area contributed by atoms with Gasteiger partial charge < -0.3 is 0 Å². The Labute approximate surface area is 153 Å². The number of sulfone groups is 1. The van der Waals surface area contributed by atoms with Crippen LogP contribution in [0.2, 0.25) is 0 Å². The molecule has 0 amide bonds. The first-order chi connectivity index (χ1) is 12.0. The second-order valence-electron chi connectivity index (χ2n) is 6.51. The van der Waals surface area contributed by atoms with E-state index in [-0.39, 0.29) is 17.5 Å². The van der Waals surface area contributed by atoms with Gasteiger partial charge in [0.1, 0.15) is 0 Å². The second-order valence-corrected chi connectivity index (χ2v) is 9.11. The van der Waals surface area contributed by atoms with Crippen LogP contribution in [0.1, 0.15) is 26.2 Å². The minimum Gasteiger partial charge on any atom is -0.280 e. The minimum atomic E-state index is -2.91. The number of hydrogen-bond donors (Lipinski definition) is 1. The number of nitrogens with one attached hydrogen (secondary N) is 1. The van der Waals surface area contributed by atoms with Gasteiger partial charge in [-0.05, 0) is 25.1 Å². The fraction of sp³-hybridized carbons (Fsp3) is 0.529. The van der Waals surface area contributed by atoms with Gasteiger partial charge in [0, 0.05) is 18.2 Å². The van der Waals surface area contributed by atoms with Crippen molar-refractivity contribution in [3.05, 3.63) is 35.1 Å². The molecule has 1 saturated heterocycles. The summed E-state index contributed by atoms with van der Waals surface area (Å²) in [5.74, 6) is 1.26. The van der Waals surface area contributed by atoms with Crippen LogP contribution in [0.25, 0.3) is 11.4 Å². The Bertz CT molecular complexity index is 858. The molecule has 2 heterocycles. The molecular formula is C17H24N4O2S2. The number of rotatable bonds is 7. The molecule has 1 aliphatic rings. The van der Waals surface area contributed by atoms with E-state index in [1.165, 1.54) is 0 Å². The Hall–Kier alpha value is -1.51. The molecular weight excluding hydrogens is 356 g/mol. The van der Waals surface area contributed by atoms with Crippen LogP contribution in [-0.4, -0.2) is 52.2 Å².